The highest BCUT2D eigenvalue weighted by Gasteiger charge is 2.17. The highest BCUT2D eigenvalue weighted by molar-refractivity contribution is 5.86. The van der Waals surface area contributed by atoms with Gasteiger partial charge in [-0.05, 0) is 38.8 Å². The summed E-state index contributed by atoms with van der Waals surface area (Å²) in [5, 5.41) is 0. The van der Waals surface area contributed by atoms with E-state index in [0.29, 0.717) is 5.69 Å². The van der Waals surface area contributed by atoms with Crippen LogP contribution in [0.15, 0.2) is 12.1 Å². The maximum atomic E-state index is 11.3. The van der Waals surface area contributed by atoms with Crippen molar-refractivity contribution in [3.8, 4) is 11.3 Å². The van der Waals surface area contributed by atoms with Crippen LogP contribution in [0.25, 0.3) is 11.3 Å². The number of imidazole rings is 1. The number of aryl methyl sites for hydroxylation is 4. The summed E-state index contributed by atoms with van der Waals surface area (Å²) in [6, 6.07) is 4.25. The summed E-state index contributed by atoms with van der Waals surface area (Å²) in [6.07, 6.45) is 0.883. The lowest BCUT2D eigenvalue weighted by molar-refractivity contribution is 0.111. The zero-order valence-corrected chi connectivity index (χ0v) is 11.5. The van der Waals surface area contributed by atoms with Crippen LogP contribution in [0.1, 0.15) is 33.0 Å². The molecule has 0 aliphatic rings. The summed E-state index contributed by atoms with van der Waals surface area (Å²) in [6.45, 7) is 8.12. The number of aldehydes is 1. The first-order valence-electron chi connectivity index (χ1n) is 6.02. The van der Waals surface area contributed by atoms with Gasteiger partial charge in [-0.2, -0.15) is 0 Å². The van der Waals surface area contributed by atoms with E-state index in [0.717, 1.165) is 34.5 Å². The third-order valence-corrected chi connectivity index (χ3v) is 3.39. The van der Waals surface area contributed by atoms with E-state index < -0.39 is 0 Å². The van der Waals surface area contributed by atoms with Crippen molar-refractivity contribution in [1.29, 1.82) is 0 Å². The van der Waals surface area contributed by atoms with Crippen molar-refractivity contribution in [2.24, 2.45) is 7.05 Å². The molecule has 0 radical (unpaired) electrons. The van der Waals surface area contributed by atoms with Crippen LogP contribution in [-0.4, -0.2) is 15.8 Å². The quantitative estimate of drug-likeness (QED) is 0.758. The lowest BCUT2D eigenvalue weighted by Crippen LogP contribution is -1.98. The smallest absolute Gasteiger partial charge is 0.168 e. The fourth-order valence-corrected chi connectivity index (χ4v) is 2.50. The average molecular weight is 242 g/mol. The Morgan fingerprint density at radius 3 is 2.17 bits per heavy atom. The largest absolute Gasteiger partial charge is 0.329 e. The van der Waals surface area contributed by atoms with Gasteiger partial charge in [0, 0.05) is 12.6 Å². The summed E-state index contributed by atoms with van der Waals surface area (Å²) in [5.41, 5.74) is 6.06. The number of aromatic nitrogens is 2. The van der Waals surface area contributed by atoms with Gasteiger partial charge in [-0.25, -0.2) is 4.98 Å². The number of nitrogens with zero attached hydrogens (tertiary/aromatic N) is 2. The molecule has 3 heteroatoms. The molecule has 0 saturated heterocycles. The van der Waals surface area contributed by atoms with Crippen LogP contribution in [0, 0.1) is 27.7 Å². The fourth-order valence-electron chi connectivity index (χ4n) is 2.50. The number of benzene rings is 1. The van der Waals surface area contributed by atoms with Gasteiger partial charge in [0.25, 0.3) is 0 Å². The highest BCUT2D eigenvalue weighted by Crippen LogP contribution is 2.29. The van der Waals surface area contributed by atoms with Crippen molar-refractivity contribution < 1.29 is 4.79 Å². The van der Waals surface area contributed by atoms with Crippen molar-refractivity contribution in [3.05, 3.63) is 40.3 Å². The lowest BCUT2D eigenvalue weighted by atomic mass is 9.96. The second-order valence-corrected chi connectivity index (χ2v) is 4.84. The Labute approximate surface area is 107 Å². The summed E-state index contributed by atoms with van der Waals surface area (Å²) >= 11 is 0. The fraction of sp³-hybridized carbons (Fsp3) is 0.333. The number of carbonyl (C=O) groups is 1. The van der Waals surface area contributed by atoms with Crippen molar-refractivity contribution in [2.75, 3.05) is 0 Å². The molecule has 0 atom stereocenters. The minimum absolute atomic E-state index is 0.641. The third-order valence-electron chi connectivity index (χ3n) is 3.39. The van der Waals surface area contributed by atoms with Gasteiger partial charge < -0.3 is 4.57 Å². The summed E-state index contributed by atoms with van der Waals surface area (Å²) in [7, 11) is 1.87. The van der Waals surface area contributed by atoms with E-state index >= 15 is 0 Å². The molecule has 0 fully saturated rings. The maximum absolute atomic E-state index is 11.3. The van der Waals surface area contributed by atoms with Crippen LogP contribution in [0.4, 0.5) is 0 Å². The molecule has 2 aromatic rings. The van der Waals surface area contributed by atoms with Crippen LogP contribution in [0.5, 0.6) is 0 Å². The van der Waals surface area contributed by atoms with Crippen molar-refractivity contribution in [3.63, 3.8) is 0 Å². The second kappa shape index (κ2) is 4.41. The predicted octanol–water partition coefficient (Wildman–Crippen LogP) is 3.13. The molecule has 0 aliphatic carbocycles. The first kappa shape index (κ1) is 12.6. The molecule has 2 rings (SSSR count). The summed E-state index contributed by atoms with van der Waals surface area (Å²) < 4.78 is 1.83. The number of carbonyl (C=O) groups excluding carboxylic acids is 1. The van der Waals surface area contributed by atoms with Crippen molar-refractivity contribution >= 4 is 6.29 Å². The molecule has 94 valence electrons. The molecule has 0 N–H and O–H groups in total. The molecule has 0 unspecified atom stereocenters. The molecule has 0 spiro atoms. The van der Waals surface area contributed by atoms with Gasteiger partial charge in [-0.3, -0.25) is 4.79 Å². The Morgan fingerprint density at radius 1 is 1.11 bits per heavy atom. The molecule has 1 aromatic carbocycles. The third kappa shape index (κ3) is 1.86. The van der Waals surface area contributed by atoms with E-state index in [4.69, 9.17) is 0 Å². The Morgan fingerprint density at radius 2 is 1.67 bits per heavy atom. The SMILES string of the molecule is Cc1cc(C)c(-c2nc(C)n(C)c2C=O)c(C)c1. The monoisotopic (exact) mass is 242 g/mol. The van der Waals surface area contributed by atoms with E-state index in [-0.39, 0.29) is 0 Å². The number of rotatable bonds is 2. The normalized spacial score (nSPS) is 10.7. The Balaban J connectivity index is 2.77. The molecule has 0 amide bonds. The molecular weight excluding hydrogens is 224 g/mol. The molecule has 0 saturated carbocycles. The molecule has 3 nitrogen and oxygen atoms in total. The van der Waals surface area contributed by atoms with Gasteiger partial charge in [0.05, 0.1) is 5.69 Å². The second-order valence-electron chi connectivity index (χ2n) is 4.84. The first-order valence-corrected chi connectivity index (χ1v) is 6.02. The summed E-state index contributed by atoms with van der Waals surface area (Å²) in [5.74, 6) is 0.853. The number of hydrogen-bond donors (Lipinski definition) is 0. The van der Waals surface area contributed by atoms with E-state index in [1.807, 2.05) is 18.5 Å². The predicted molar refractivity (Wildman–Crippen MR) is 73.0 cm³/mol. The molecule has 1 aromatic heterocycles. The van der Waals surface area contributed by atoms with Crippen LogP contribution < -0.4 is 0 Å². The van der Waals surface area contributed by atoms with Crippen molar-refractivity contribution in [1.82, 2.24) is 9.55 Å². The molecule has 18 heavy (non-hydrogen) atoms. The van der Waals surface area contributed by atoms with Crippen LogP contribution in [0.2, 0.25) is 0 Å². The topological polar surface area (TPSA) is 34.9 Å². The van der Waals surface area contributed by atoms with Crippen LogP contribution in [0.3, 0.4) is 0 Å². The van der Waals surface area contributed by atoms with E-state index in [1.54, 1.807) is 0 Å². The van der Waals surface area contributed by atoms with E-state index in [9.17, 15) is 4.79 Å². The van der Waals surface area contributed by atoms with Gasteiger partial charge in [-0.1, -0.05) is 17.7 Å². The maximum Gasteiger partial charge on any atom is 0.168 e. The highest BCUT2D eigenvalue weighted by atomic mass is 16.1. The standard InChI is InChI=1S/C15H18N2O/c1-9-6-10(2)14(11(3)7-9)15-13(8-18)17(5)12(4)16-15/h6-8H,1-5H3. The Bertz CT molecular complexity index is 601. The minimum Gasteiger partial charge on any atom is -0.329 e. The summed E-state index contributed by atoms with van der Waals surface area (Å²) in [4.78, 5) is 15.8. The number of hydrogen-bond acceptors (Lipinski definition) is 2. The van der Waals surface area contributed by atoms with Crippen LogP contribution in [-0.2, 0) is 7.05 Å². The Hall–Kier alpha value is -1.90. The van der Waals surface area contributed by atoms with Crippen LogP contribution >= 0.6 is 0 Å². The molecule has 0 aliphatic heterocycles. The van der Waals surface area contributed by atoms with Crippen molar-refractivity contribution in [2.45, 2.75) is 27.7 Å². The van der Waals surface area contributed by atoms with Gasteiger partial charge in [0.2, 0.25) is 0 Å². The zero-order chi connectivity index (χ0) is 13.4. The van der Waals surface area contributed by atoms with E-state index in [2.05, 4.69) is 37.9 Å². The van der Waals surface area contributed by atoms with Gasteiger partial charge >= 0.3 is 0 Å². The molecular formula is C15H18N2O. The first-order chi connectivity index (χ1) is 8.45. The minimum atomic E-state index is 0.641. The average Bonchev–Trinajstić information content (AvgIpc) is 2.53. The van der Waals surface area contributed by atoms with Gasteiger partial charge in [0.1, 0.15) is 11.5 Å². The van der Waals surface area contributed by atoms with E-state index in [1.165, 1.54) is 5.56 Å². The Kier molecular flexibility index (Phi) is 3.07. The lowest BCUT2D eigenvalue weighted by Gasteiger charge is -2.10. The zero-order valence-electron chi connectivity index (χ0n) is 11.5. The van der Waals surface area contributed by atoms with Gasteiger partial charge in [-0.15, -0.1) is 0 Å². The molecule has 0 bridgehead atoms. The molecule has 1 heterocycles. The van der Waals surface area contributed by atoms with Gasteiger partial charge in [0.15, 0.2) is 6.29 Å².